The molecule has 0 aromatic heterocycles. The molecule has 3 aromatic carbocycles. The summed E-state index contributed by atoms with van der Waals surface area (Å²) in [5.74, 6) is 1.09. The highest BCUT2D eigenvalue weighted by molar-refractivity contribution is 5.83. The molecule has 1 amide bonds. The zero-order chi connectivity index (χ0) is 17.5. The first-order chi connectivity index (χ1) is 12.2. The minimum Gasteiger partial charge on any atom is -0.492 e. The molecule has 0 bridgehead atoms. The van der Waals surface area contributed by atoms with Gasteiger partial charge in [0.1, 0.15) is 12.4 Å². The van der Waals surface area contributed by atoms with Crippen LogP contribution in [0.15, 0.2) is 72.8 Å². The molecule has 1 N–H and O–H groups in total. The van der Waals surface area contributed by atoms with Crippen molar-refractivity contribution in [3.05, 3.63) is 78.4 Å². The number of carbonyl (C=O) groups is 1. The van der Waals surface area contributed by atoms with Gasteiger partial charge in [-0.1, -0.05) is 67.6 Å². The van der Waals surface area contributed by atoms with E-state index in [-0.39, 0.29) is 11.8 Å². The predicted octanol–water partition coefficient (Wildman–Crippen LogP) is 4.53. The summed E-state index contributed by atoms with van der Waals surface area (Å²) in [6.07, 6.45) is 0.486. The van der Waals surface area contributed by atoms with E-state index in [4.69, 9.17) is 4.74 Å². The Hall–Kier alpha value is -2.81. The van der Waals surface area contributed by atoms with Crippen LogP contribution in [-0.2, 0) is 4.79 Å². The molecule has 1 unspecified atom stereocenters. The van der Waals surface area contributed by atoms with Gasteiger partial charge in [0.05, 0.1) is 6.54 Å². The van der Waals surface area contributed by atoms with Crippen LogP contribution in [0.25, 0.3) is 10.8 Å². The Bertz CT molecular complexity index is 830. The Morgan fingerprint density at radius 1 is 0.960 bits per heavy atom. The van der Waals surface area contributed by atoms with E-state index >= 15 is 0 Å². The Morgan fingerprint density at radius 2 is 1.68 bits per heavy atom. The van der Waals surface area contributed by atoms with Gasteiger partial charge in [-0.05, 0) is 34.4 Å². The van der Waals surface area contributed by atoms with E-state index in [2.05, 4.69) is 36.5 Å². The van der Waals surface area contributed by atoms with E-state index in [1.54, 1.807) is 0 Å². The molecule has 3 aromatic rings. The molecular formula is C22H23NO2. The summed E-state index contributed by atoms with van der Waals surface area (Å²) < 4.78 is 5.74. The lowest BCUT2D eigenvalue weighted by Crippen LogP contribution is -2.28. The van der Waals surface area contributed by atoms with Crippen LogP contribution in [0.3, 0.4) is 0 Å². The third kappa shape index (κ3) is 4.83. The number of rotatable bonds is 7. The molecule has 0 heterocycles. The van der Waals surface area contributed by atoms with Crippen molar-refractivity contribution in [2.24, 2.45) is 0 Å². The molecular weight excluding hydrogens is 310 g/mol. The lowest BCUT2D eigenvalue weighted by atomic mass is 9.98. The number of hydrogen-bond donors (Lipinski definition) is 1. The first-order valence-corrected chi connectivity index (χ1v) is 8.65. The zero-order valence-electron chi connectivity index (χ0n) is 14.4. The summed E-state index contributed by atoms with van der Waals surface area (Å²) in [4.78, 5) is 12.0. The lowest BCUT2D eigenvalue weighted by molar-refractivity contribution is -0.121. The minimum atomic E-state index is 0.0541. The molecule has 0 aliphatic carbocycles. The van der Waals surface area contributed by atoms with Crippen molar-refractivity contribution >= 4 is 16.7 Å². The molecule has 128 valence electrons. The third-order valence-electron chi connectivity index (χ3n) is 4.27. The Morgan fingerprint density at radius 3 is 2.48 bits per heavy atom. The molecule has 0 saturated carbocycles. The van der Waals surface area contributed by atoms with Crippen LogP contribution in [-0.4, -0.2) is 19.1 Å². The molecule has 25 heavy (non-hydrogen) atoms. The van der Waals surface area contributed by atoms with Crippen molar-refractivity contribution in [2.45, 2.75) is 19.3 Å². The number of carbonyl (C=O) groups excluding carboxylic acids is 1. The largest absolute Gasteiger partial charge is 0.492 e. The fourth-order valence-corrected chi connectivity index (χ4v) is 2.87. The summed E-state index contributed by atoms with van der Waals surface area (Å²) in [6.45, 7) is 3.04. The van der Waals surface area contributed by atoms with Gasteiger partial charge in [-0.25, -0.2) is 0 Å². The number of amides is 1. The molecule has 3 rings (SSSR count). The highest BCUT2D eigenvalue weighted by Gasteiger charge is 2.10. The highest BCUT2D eigenvalue weighted by Crippen LogP contribution is 2.20. The summed E-state index contributed by atoms with van der Waals surface area (Å²) in [6, 6.07) is 24.3. The number of hydrogen-bond acceptors (Lipinski definition) is 2. The number of nitrogens with one attached hydrogen (secondary N) is 1. The average Bonchev–Trinajstić information content (AvgIpc) is 2.66. The average molecular weight is 333 g/mol. The highest BCUT2D eigenvalue weighted by atomic mass is 16.5. The van der Waals surface area contributed by atoms with Crippen LogP contribution in [0.2, 0.25) is 0 Å². The normalized spacial score (nSPS) is 11.9. The number of fused-ring (bicyclic) bond motifs is 1. The van der Waals surface area contributed by atoms with E-state index in [0.717, 1.165) is 11.1 Å². The van der Waals surface area contributed by atoms with Crippen molar-refractivity contribution in [2.75, 3.05) is 13.2 Å². The second-order valence-electron chi connectivity index (χ2n) is 6.22. The van der Waals surface area contributed by atoms with Gasteiger partial charge in [0.2, 0.25) is 5.91 Å². The summed E-state index contributed by atoms with van der Waals surface area (Å²) in [7, 11) is 0. The van der Waals surface area contributed by atoms with E-state index in [1.807, 2.05) is 48.5 Å². The Labute approximate surface area is 148 Å². The zero-order valence-corrected chi connectivity index (χ0v) is 14.4. The molecule has 3 heteroatoms. The molecule has 0 radical (unpaired) electrons. The number of ether oxygens (including phenoxy) is 1. The van der Waals surface area contributed by atoms with E-state index in [9.17, 15) is 4.79 Å². The number of benzene rings is 3. The summed E-state index contributed by atoms with van der Waals surface area (Å²) in [5, 5.41) is 5.27. The fraction of sp³-hybridized carbons (Fsp3) is 0.227. The Balaban J connectivity index is 1.42. The van der Waals surface area contributed by atoms with Crippen LogP contribution < -0.4 is 10.1 Å². The van der Waals surface area contributed by atoms with Crippen molar-refractivity contribution in [3.63, 3.8) is 0 Å². The molecule has 1 atom stereocenters. The smallest absolute Gasteiger partial charge is 0.220 e. The van der Waals surface area contributed by atoms with Gasteiger partial charge in [-0.15, -0.1) is 0 Å². The second-order valence-corrected chi connectivity index (χ2v) is 6.22. The fourth-order valence-electron chi connectivity index (χ4n) is 2.87. The minimum absolute atomic E-state index is 0.0541. The monoisotopic (exact) mass is 333 g/mol. The second kappa shape index (κ2) is 8.34. The first-order valence-electron chi connectivity index (χ1n) is 8.65. The van der Waals surface area contributed by atoms with Crippen molar-refractivity contribution in [3.8, 4) is 5.75 Å². The summed E-state index contributed by atoms with van der Waals surface area (Å²) in [5.41, 5.74) is 1.19. The summed E-state index contributed by atoms with van der Waals surface area (Å²) >= 11 is 0. The Kier molecular flexibility index (Phi) is 5.68. The van der Waals surface area contributed by atoms with E-state index in [1.165, 1.54) is 10.9 Å². The van der Waals surface area contributed by atoms with Gasteiger partial charge in [-0.3, -0.25) is 4.79 Å². The van der Waals surface area contributed by atoms with Gasteiger partial charge in [0.15, 0.2) is 0 Å². The van der Waals surface area contributed by atoms with Crippen molar-refractivity contribution in [1.82, 2.24) is 5.32 Å². The maximum atomic E-state index is 12.0. The quantitative estimate of drug-likeness (QED) is 0.645. The molecule has 3 nitrogen and oxygen atoms in total. The SMILES string of the molecule is CC(CC(=O)NCCOc1ccc2ccccc2c1)c1ccccc1. The molecule has 0 fully saturated rings. The van der Waals surface area contributed by atoms with Gasteiger partial charge in [0.25, 0.3) is 0 Å². The van der Waals surface area contributed by atoms with Crippen LogP contribution in [0, 0.1) is 0 Å². The van der Waals surface area contributed by atoms with Gasteiger partial charge in [-0.2, -0.15) is 0 Å². The maximum absolute atomic E-state index is 12.0. The predicted molar refractivity (Wildman–Crippen MR) is 102 cm³/mol. The lowest BCUT2D eigenvalue weighted by Gasteiger charge is -2.12. The van der Waals surface area contributed by atoms with Gasteiger partial charge < -0.3 is 10.1 Å². The molecule has 0 aliphatic heterocycles. The molecule has 0 aliphatic rings. The van der Waals surface area contributed by atoms with Gasteiger partial charge in [0, 0.05) is 6.42 Å². The topological polar surface area (TPSA) is 38.3 Å². The van der Waals surface area contributed by atoms with E-state index < -0.39 is 0 Å². The van der Waals surface area contributed by atoms with Gasteiger partial charge >= 0.3 is 0 Å². The molecule has 0 saturated heterocycles. The van der Waals surface area contributed by atoms with Crippen molar-refractivity contribution in [1.29, 1.82) is 0 Å². The third-order valence-corrected chi connectivity index (χ3v) is 4.27. The van der Waals surface area contributed by atoms with Crippen LogP contribution >= 0.6 is 0 Å². The molecule has 0 spiro atoms. The van der Waals surface area contributed by atoms with Crippen LogP contribution in [0.4, 0.5) is 0 Å². The van der Waals surface area contributed by atoms with Crippen LogP contribution in [0.1, 0.15) is 24.8 Å². The first kappa shape index (κ1) is 17.0. The van der Waals surface area contributed by atoms with Crippen molar-refractivity contribution < 1.29 is 9.53 Å². The van der Waals surface area contributed by atoms with Crippen LogP contribution in [0.5, 0.6) is 5.75 Å². The van der Waals surface area contributed by atoms with E-state index in [0.29, 0.717) is 19.6 Å². The maximum Gasteiger partial charge on any atom is 0.220 e. The standard InChI is InChI=1S/C22H23NO2/c1-17(18-7-3-2-4-8-18)15-22(24)23-13-14-25-21-12-11-19-9-5-6-10-20(19)16-21/h2-12,16-17H,13-15H2,1H3,(H,23,24).